The van der Waals surface area contributed by atoms with E-state index < -0.39 is 17.8 Å². The van der Waals surface area contributed by atoms with E-state index >= 15 is 0 Å². The van der Waals surface area contributed by atoms with E-state index in [1.54, 1.807) is 6.92 Å². The Hall–Kier alpha value is -0.160. The molecule has 4 atom stereocenters. The monoisotopic (exact) mass is 161 g/mol. The molecule has 0 bridgehead atoms. The molecule has 66 valence electrons. The molecular formula is C7H15NO3. The van der Waals surface area contributed by atoms with Crippen molar-refractivity contribution in [3.05, 3.63) is 0 Å². The van der Waals surface area contributed by atoms with Gasteiger partial charge in [0, 0.05) is 12.6 Å². The number of aliphatic hydroxyl groups excluding tert-OH is 2. The maximum absolute atomic E-state index is 9.61. The van der Waals surface area contributed by atoms with E-state index in [1.165, 1.54) is 6.92 Å². The van der Waals surface area contributed by atoms with Crippen molar-refractivity contribution in [3.63, 3.8) is 0 Å². The smallest absolute Gasteiger partial charge is 0.111 e. The molecule has 0 saturated carbocycles. The summed E-state index contributed by atoms with van der Waals surface area (Å²) in [5, 5.41) is 31.0. The highest BCUT2D eigenvalue weighted by Gasteiger charge is 2.43. The topological polar surface area (TPSA) is 72.7 Å². The van der Waals surface area contributed by atoms with Crippen LogP contribution in [0.3, 0.4) is 0 Å². The van der Waals surface area contributed by atoms with Gasteiger partial charge in [-0.2, -0.15) is 0 Å². The lowest BCUT2D eigenvalue weighted by molar-refractivity contribution is -0.149. The summed E-state index contributed by atoms with van der Waals surface area (Å²) in [5.74, 6) is 0. The van der Waals surface area contributed by atoms with Crippen molar-refractivity contribution in [2.45, 2.75) is 37.7 Å². The van der Waals surface area contributed by atoms with Gasteiger partial charge in [0.15, 0.2) is 0 Å². The molecular weight excluding hydrogens is 146 g/mol. The molecule has 0 radical (unpaired) electrons. The van der Waals surface area contributed by atoms with Crippen LogP contribution in [-0.4, -0.2) is 45.7 Å². The van der Waals surface area contributed by atoms with Crippen molar-refractivity contribution in [3.8, 4) is 0 Å². The van der Waals surface area contributed by atoms with Gasteiger partial charge < -0.3 is 20.6 Å². The van der Waals surface area contributed by atoms with Gasteiger partial charge >= 0.3 is 0 Å². The third-order valence-electron chi connectivity index (χ3n) is 2.47. The molecule has 0 aromatic rings. The molecule has 4 heteroatoms. The van der Waals surface area contributed by atoms with Crippen molar-refractivity contribution in [1.82, 2.24) is 5.32 Å². The van der Waals surface area contributed by atoms with Gasteiger partial charge in [-0.25, -0.2) is 0 Å². The largest absolute Gasteiger partial charge is 0.389 e. The summed E-state index contributed by atoms with van der Waals surface area (Å²) in [7, 11) is 0. The molecule has 1 aliphatic rings. The molecule has 4 N–H and O–H groups in total. The minimum absolute atomic E-state index is 0.194. The average Bonchev–Trinajstić information content (AvgIpc) is 1.95. The molecule has 0 amide bonds. The number of aliphatic hydroxyl groups is 3. The van der Waals surface area contributed by atoms with Gasteiger partial charge in [-0.1, -0.05) is 0 Å². The maximum Gasteiger partial charge on any atom is 0.111 e. The van der Waals surface area contributed by atoms with Gasteiger partial charge in [-0.15, -0.1) is 0 Å². The lowest BCUT2D eigenvalue weighted by Crippen LogP contribution is -2.65. The van der Waals surface area contributed by atoms with Crippen LogP contribution < -0.4 is 5.32 Å². The number of rotatable bonds is 0. The lowest BCUT2D eigenvalue weighted by Gasteiger charge is -2.42. The normalized spacial score (nSPS) is 52.6. The second-order valence-electron chi connectivity index (χ2n) is 3.37. The van der Waals surface area contributed by atoms with Crippen LogP contribution in [0.2, 0.25) is 0 Å². The average molecular weight is 161 g/mol. The summed E-state index contributed by atoms with van der Waals surface area (Å²) in [6, 6.07) is -0.194. The fourth-order valence-corrected chi connectivity index (χ4v) is 1.26. The minimum atomic E-state index is -1.24. The third-order valence-corrected chi connectivity index (χ3v) is 2.47. The molecule has 1 saturated heterocycles. The number of hydrogen-bond acceptors (Lipinski definition) is 4. The van der Waals surface area contributed by atoms with Crippen molar-refractivity contribution in [2.24, 2.45) is 0 Å². The molecule has 1 fully saturated rings. The highest BCUT2D eigenvalue weighted by atomic mass is 16.4. The zero-order valence-corrected chi connectivity index (χ0v) is 6.78. The Morgan fingerprint density at radius 1 is 1.45 bits per heavy atom. The molecule has 4 nitrogen and oxygen atoms in total. The summed E-state index contributed by atoms with van der Waals surface area (Å²) < 4.78 is 0. The van der Waals surface area contributed by atoms with E-state index in [0.717, 1.165) is 0 Å². The molecule has 0 aromatic heterocycles. The first-order chi connectivity index (χ1) is 4.96. The predicted molar refractivity (Wildman–Crippen MR) is 40.1 cm³/mol. The zero-order valence-electron chi connectivity index (χ0n) is 6.78. The standard InChI is InChI=1S/C7H15NO3/c1-4-7(2,11)6(10)5(9)3-8-4/h4-6,8-11H,3H2,1-2H3/t4-,5+,6-,7+/m0/s1. The van der Waals surface area contributed by atoms with Crippen LogP contribution in [-0.2, 0) is 0 Å². The van der Waals surface area contributed by atoms with Crippen LogP contribution >= 0.6 is 0 Å². The van der Waals surface area contributed by atoms with Crippen molar-refractivity contribution < 1.29 is 15.3 Å². The van der Waals surface area contributed by atoms with Gasteiger partial charge in [0.05, 0.1) is 6.10 Å². The maximum atomic E-state index is 9.61. The fraction of sp³-hybridized carbons (Fsp3) is 1.00. The SMILES string of the molecule is C[C@@H]1NC[C@@H](O)[C@H](O)[C@]1(C)O. The van der Waals surface area contributed by atoms with Gasteiger partial charge in [0.25, 0.3) is 0 Å². The second-order valence-corrected chi connectivity index (χ2v) is 3.37. The van der Waals surface area contributed by atoms with E-state index in [1.807, 2.05) is 0 Å². The van der Waals surface area contributed by atoms with E-state index in [9.17, 15) is 10.2 Å². The van der Waals surface area contributed by atoms with E-state index in [0.29, 0.717) is 6.54 Å². The summed E-state index contributed by atoms with van der Waals surface area (Å²) in [6.45, 7) is 3.62. The number of nitrogens with one attached hydrogen (secondary N) is 1. The van der Waals surface area contributed by atoms with Crippen molar-refractivity contribution >= 4 is 0 Å². The second kappa shape index (κ2) is 2.71. The molecule has 1 rings (SSSR count). The zero-order chi connectivity index (χ0) is 8.65. The summed E-state index contributed by atoms with van der Waals surface area (Å²) in [6.07, 6.45) is -1.93. The molecule has 0 spiro atoms. The van der Waals surface area contributed by atoms with Gasteiger partial charge in [-0.3, -0.25) is 0 Å². The van der Waals surface area contributed by atoms with Crippen LogP contribution in [0.15, 0.2) is 0 Å². The number of hydrogen-bond donors (Lipinski definition) is 4. The van der Waals surface area contributed by atoms with Crippen LogP contribution in [0.4, 0.5) is 0 Å². The number of β-amino-alcohol motifs (C(OH)–C–C–N with tert-alkyl or cyclic N) is 1. The summed E-state index contributed by atoms with van der Waals surface area (Å²) in [5.41, 5.74) is -1.24. The highest BCUT2D eigenvalue weighted by molar-refractivity contribution is 4.99. The van der Waals surface area contributed by atoms with Gasteiger partial charge in [0.1, 0.15) is 11.7 Å². The Labute approximate surface area is 65.9 Å². The molecule has 11 heavy (non-hydrogen) atoms. The first kappa shape index (κ1) is 8.93. The molecule has 1 aliphatic heterocycles. The minimum Gasteiger partial charge on any atom is -0.389 e. The first-order valence-electron chi connectivity index (χ1n) is 3.78. The fourth-order valence-electron chi connectivity index (χ4n) is 1.26. The summed E-state index contributed by atoms with van der Waals surface area (Å²) in [4.78, 5) is 0. The highest BCUT2D eigenvalue weighted by Crippen LogP contribution is 2.21. The van der Waals surface area contributed by atoms with E-state index in [-0.39, 0.29) is 6.04 Å². The number of piperidine rings is 1. The van der Waals surface area contributed by atoms with Crippen LogP contribution in [0.5, 0.6) is 0 Å². The van der Waals surface area contributed by atoms with Crippen LogP contribution in [0, 0.1) is 0 Å². The van der Waals surface area contributed by atoms with Crippen molar-refractivity contribution in [1.29, 1.82) is 0 Å². The molecule has 0 unspecified atom stereocenters. The van der Waals surface area contributed by atoms with E-state index in [4.69, 9.17) is 5.11 Å². The van der Waals surface area contributed by atoms with Gasteiger partial charge in [0.2, 0.25) is 0 Å². The Kier molecular flexibility index (Phi) is 2.20. The Morgan fingerprint density at radius 3 is 2.45 bits per heavy atom. The van der Waals surface area contributed by atoms with Crippen molar-refractivity contribution in [2.75, 3.05) is 6.54 Å². The molecule has 1 heterocycles. The predicted octanol–water partition coefficient (Wildman–Crippen LogP) is -1.55. The Bertz CT molecular complexity index is 149. The Morgan fingerprint density at radius 2 is 2.00 bits per heavy atom. The third kappa shape index (κ3) is 1.39. The van der Waals surface area contributed by atoms with Crippen LogP contribution in [0.25, 0.3) is 0 Å². The quantitative estimate of drug-likeness (QED) is 0.347. The first-order valence-corrected chi connectivity index (χ1v) is 3.78. The van der Waals surface area contributed by atoms with E-state index in [2.05, 4.69) is 5.32 Å². The van der Waals surface area contributed by atoms with Gasteiger partial charge in [-0.05, 0) is 13.8 Å². The summed E-state index contributed by atoms with van der Waals surface area (Å²) >= 11 is 0. The molecule has 0 aromatic carbocycles. The molecule has 0 aliphatic carbocycles. The van der Waals surface area contributed by atoms with Crippen LogP contribution in [0.1, 0.15) is 13.8 Å². The Balaban J connectivity index is 2.72. The lowest BCUT2D eigenvalue weighted by atomic mass is 9.84.